The van der Waals surface area contributed by atoms with Crippen LogP contribution in [0.4, 0.5) is 10.5 Å². The van der Waals surface area contributed by atoms with Crippen LogP contribution in [0.15, 0.2) is 12.4 Å². The van der Waals surface area contributed by atoms with E-state index in [2.05, 4.69) is 5.10 Å². The van der Waals surface area contributed by atoms with Crippen molar-refractivity contribution < 1.29 is 14.5 Å². The Balaban J connectivity index is 2.09. The fraction of sp³-hybridized carbons (Fsp3) is 0.733. The van der Waals surface area contributed by atoms with Gasteiger partial charge in [-0.3, -0.25) is 14.8 Å². The standard InChI is InChI=1S/C15H24N4O4/c1-10-6-12(17-9-13(8-16-17)19(21)22)7-11(2)18(10)14(20)23-15(3,4)5/h8-12H,6-7H2,1-5H3. The Morgan fingerprint density at radius 3 is 2.35 bits per heavy atom. The van der Waals surface area contributed by atoms with Crippen molar-refractivity contribution in [3.05, 3.63) is 22.5 Å². The van der Waals surface area contributed by atoms with Crippen LogP contribution < -0.4 is 0 Å². The first-order valence-corrected chi connectivity index (χ1v) is 7.78. The van der Waals surface area contributed by atoms with E-state index in [1.807, 2.05) is 34.6 Å². The van der Waals surface area contributed by atoms with Crippen LogP contribution in [0.2, 0.25) is 0 Å². The van der Waals surface area contributed by atoms with E-state index in [1.54, 1.807) is 9.58 Å². The average molecular weight is 324 g/mol. The normalized spacial score (nSPS) is 25.3. The van der Waals surface area contributed by atoms with Crippen LogP contribution in [-0.2, 0) is 4.74 Å². The van der Waals surface area contributed by atoms with Crippen molar-refractivity contribution in [1.29, 1.82) is 0 Å². The summed E-state index contributed by atoms with van der Waals surface area (Å²) in [5, 5.41) is 14.9. The largest absolute Gasteiger partial charge is 0.444 e. The number of carbonyl (C=O) groups is 1. The minimum absolute atomic E-state index is 0.0140. The molecule has 0 aromatic carbocycles. The highest BCUT2D eigenvalue weighted by atomic mass is 16.6. The number of nitrogens with zero attached hydrogens (tertiary/aromatic N) is 4. The molecule has 1 fully saturated rings. The van der Waals surface area contributed by atoms with Gasteiger partial charge in [0.05, 0.1) is 11.0 Å². The van der Waals surface area contributed by atoms with Crippen molar-refractivity contribution in [2.75, 3.05) is 0 Å². The molecular weight excluding hydrogens is 300 g/mol. The van der Waals surface area contributed by atoms with Gasteiger partial charge in [-0.05, 0) is 47.5 Å². The minimum atomic E-state index is -0.532. The third-order valence-electron chi connectivity index (χ3n) is 3.95. The second-order valence-electron chi connectivity index (χ2n) is 7.15. The van der Waals surface area contributed by atoms with Crippen molar-refractivity contribution in [3.8, 4) is 0 Å². The average Bonchev–Trinajstić information content (AvgIpc) is 2.84. The summed E-state index contributed by atoms with van der Waals surface area (Å²) in [5.74, 6) is 0. The second kappa shape index (κ2) is 6.17. The van der Waals surface area contributed by atoms with Crippen LogP contribution in [0.5, 0.6) is 0 Å². The monoisotopic (exact) mass is 324 g/mol. The zero-order chi connectivity index (χ0) is 17.4. The summed E-state index contributed by atoms with van der Waals surface area (Å²) in [5.41, 5.74) is -0.546. The van der Waals surface area contributed by atoms with E-state index in [9.17, 15) is 14.9 Å². The highest BCUT2D eigenvalue weighted by Gasteiger charge is 2.37. The predicted octanol–water partition coefficient (Wildman–Crippen LogP) is 3.14. The third kappa shape index (κ3) is 4.00. The molecule has 0 saturated carbocycles. The molecule has 8 nitrogen and oxygen atoms in total. The first kappa shape index (κ1) is 17.2. The Bertz CT molecular complexity index is 581. The number of likely N-dealkylation sites (tertiary alicyclic amines) is 1. The molecular formula is C15H24N4O4. The Kier molecular flexibility index (Phi) is 4.63. The number of hydrogen-bond donors (Lipinski definition) is 0. The molecule has 1 aliphatic rings. The number of piperidine rings is 1. The van der Waals surface area contributed by atoms with Crippen molar-refractivity contribution in [2.24, 2.45) is 0 Å². The van der Waals surface area contributed by atoms with Crippen LogP contribution in [0.1, 0.15) is 53.5 Å². The molecule has 1 aromatic heterocycles. The Labute approximate surface area is 135 Å². The van der Waals surface area contributed by atoms with Gasteiger partial charge in [0.25, 0.3) is 0 Å². The molecule has 1 aromatic rings. The van der Waals surface area contributed by atoms with Crippen LogP contribution in [-0.4, -0.2) is 43.4 Å². The maximum atomic E-state index is 12.4. The lowest BCUT2D eigenvalue weighted by Crippen LogP contribution is -2.51. The molecule has 128 valence electrons. The summed E-state index contributed by atoms with van der Waals surface area (Å²) >= 11 is 0. The number of amides is 1. The molecule has 0 aliphatic carbocycles. The summed E-state index contributed by atoms with van der Waals surface area (Å²) in [4.78, 5) is 24.4. The van der Waals surface area contributed by atoms with E-state index >= 15 is 0 Å². The number of carbonyl (C=O) groups excluding carboxylic acids is 1. The van der Waals surface area contributed by atoms with Gasteiger partial charge in [0.1, 0.15) is 18.0 Å². The summed E-state index contributed by atoms with van der Waals surface area (Å²) in [6, 6.07) is -0.0175. The summed E-state index contributed by atoms with van der Waals surface area (Å²) in [7, 11) is 0. The van der Waals surface area contributed by atoms with Crippen molar-refractivity contribution in [2.45, 2.75) is 71.2 Å². The van der Waals surface area contributed by atoms with Gasteiger partial charge in [-0.1, -0.05) is 0 Å². The van der Waals surface area contributed by atoms with Gasteiger partial charge in [-0.2, -0.15) is 5.10 Å². The van der Waals surface area contributed by atoms with Gasteiger partial charge in [0.2, 0.25) is 0 Å². The number of hydrogen-bond acceptors (Lipinski definition) is 5. The van der Waals surface area contributed by atoms with E-state index < -0.39 is 10.5 Å². The smallest absolute Gasteiger partial charge is 0.410 e. The molecule has 0 radical (unpaired) electrons. The molecule has 0 spiro atoms. The van der Waals surface area contributed by atoms with E-state index in [0.717, 1.165) is 0 Å². The van der Waals surface area contributed by atoms with Gasteiger partial charge in [-0.25, -0.2) is 4.79 Å². The molecule has 0 bridgehead atoms. The lowest BCUT2D eigenvalue weighted by atomic mass is 9.93. The molecule has 2 heterocycles. The molecule has 2 atom stereocenters. The quantitative estimate of drug-likeness (QED) is 0.615. The fourth-order valence-electron chi connectivity index (χ4n) is 3.06. The maximum Gasteiger partial charge on any atom is 0.410 e. The molecule has 1 amide bonds. The molecule has 23 heavy (non-hydrogen) atoms. The zero-order valence-electron chi connectivity index (χ0n) is 14.2. The molecule has 1 saturated heterocycles. The molecule has 2 rings (SSSR count). The highest BCUT2D eigenvalue weighted by molar-refractivity contribution is 5.69. The Morgan fingerprint density at radius 2 is 1.91 bits per heavy atom. The molecule has 0 N–H and O–H groups in total. The number of aromatic nitrogens is 2. The summed E-state index contributed by atoms with van der Waals surface area (Å²) in [6.07, 6.45) is 3.76. The Morgan fingerprint density at radius 1 is 1.35 bits per heavy atom. The number of nitro groups is 1. The van der Waals surface area contributed by atoms with Gasteiger partial charge < -0.3 is 9.64 Å². The van der Waals surface area contributed by atoms with Gasteiger partial charge >= 0.3 is 11.8 Å². The predicted molar refractivity (Wildman–Crippen MR) is 84.1 cm³/mol. The van der Waals surface area contributed by atoms with Crippen LogP contribution in [0.25, 0.3) is 0 Å². The SMILES string of the molecule is CC1CC(n2cc([N+](=O)[O-])cn2)CC(C)N1C(=O)OC(C)(C)C. The lowest BCUT2D eigenvalue weighted by molar-refractivity contribution is -0.385. The topological polar surface area (TPSA) is 90.5 Å². The third-order valence-corrected chi connectivity index (χ3v) is 3.95. The lowest BCUT2D eigenvalue weighted by Gasteiger charge is -2.42. The molecule has 2 unspecified atom stereocenters. The number of ether oxygens (including phenoxy) is 1. The van der Waals surface area contributed by atoms with Gasteiger partial charge in [0, 0.05) is 12.1 Å². The molecule has 8 heteroatoms. The molecule has 1 aliphatic heterocycles. The maximum absolute atomic E-state index is 12.4. The van der Waals surface area contributed by atoms with E-state index in [4.69, 9.17) is 4.74 Å². The van der Waals surface area contributed by atoms with Crippen molar-refractivity contribution in [1.82, 2.24) is 14.7 Å². The zero-order valence-corrected chi connectivity index (χ0v) is 14.2. The van der Waals surface area contributed by atoms with E-state index in [-0.39, 0.29) is 29.9 Å². The second-order valence-corrected chi connectivity index (χ2v) is 7.15. The highest BCUT2D eigenvalue weighted by Crippen LogP contribution is 2.32. The van der Waals surface area contributed by atoms with Crippen LogP contribution >= 0.6 is 0 Å². The van der Waals surface area contributed by atoms with Gasteiger partial charge in [0.15, 0.2) is 0 Å². The first-order chi connectivity index (χ1) is 10.6. The van der Waals surface area contributed by atoms with Crippen LogP contribution in [0, 0.1) is 10.1 Å². The minimum Gasteiger partial charge on any atom is -0.444 e. The van der Waals surface area contributed by atoms with Crippen molar-refractivity contribution in [3.63, 3.8) is 0 Å². The summed E-state index contributed by atoms with van der Waals surface area (Å²) in [6.45, 7) is 9.45. The summed E-state index contributed by atoms with van der Waals surface area (Å²) < 4.78 is 7.11. The van der Waals surface area contributed by atoms with E-state index in [0.29, 0.717) is 12.8 Å². The van der Waals surface area contributed by atoms with Gasteiger partial charge in [-0.15, -0.1) is 0 Å². The van der Waals surface area contributed by atoms with Crippen molar-refractivity contribution >= 4 is 11.8 Å². The van der Waals surface area contributed by atoms with Crippen LogP contribution in [0.3, 0.4) is 0 Å². The number of rotatable bonds is 2. The fourth-order valence-corrected chi connectivity index (χ4v) is 3.06. The van der Waals surface area contributed by atoms with E-state index in [1.165, 1.54) is 12.4 Å². The Hall–Kier alpha value is -2.12. The first-order valence-electron chi connectivity index (χ1n) is 7.78.